The second-order valence-corrected chi connectivity index (χ2v) is 3.56. The fraction of sp³-hybridized carbons (Fsp3) is 0.300. The lowest BCUT2D eigenvalue weighted by molar-refractivity contribution is -0.145. The summed E-state index contributed by atoms with van der Waals surface area (Å²) in [7, 11) is 0. The van der Waals surface area contributed by atoms with Crippen LogP contribution in [0.4, 0.5) is 4.39 Å². The van der Waals surface area contributed by atoms with Gasteiger partial charge in [-0.15, -0.1) is 0 Å². The molecule has 0 aromatic heterocycles. The summed E-state index contributed by atoms with van der Waals surface area (Å²) >= 11 is 5.13. The van der Waals surface area contributed by atoms with Gasteiger partial charge in [0.15, 0.2) is 0 Å². The Labute approximate surface area is 85.6 Å². The minimum absolute atomic E-state index is 0.0215. The van der Waals surface area contributed by atoms with Gasteiger partial charge in [0, 0.05) is 6.42 Å². The average molecular weight is 215 g/mol. The minimum Gasteiger partial charge on any atom is -0.450 e. The molecule has 0 saturated heterocycles. The third-order valence-corrected chi connectivity index (χ3v) is 2.54. The van der Waals surface area contributed by atoms with E-state index in [0.29, 0.717) is 12.2 Å². The largest absolute Gasteiger partial charge is 0.450 e. The highest BCUT2D eigenvalue weighted by molar-refractivity contribution is 6.65. The summed E-state index contributed by atoms with van der Waals surface area (Å²) in [5.41, 5.74) is 0.902. The molecule has 0 bridgehead atoms. The van der Waals surface area contributed by atoms with Gasteiger partial charge in [-0.25, -0.2) is 0 Å². The number of carbonyl (C=O) groups is 1. The van der Waals surface area contributed by atoms with E-state index < -0.39 is 11.1 Å². The van der Waals surface area contributed by atoms with Gasteiger partial charge in [0.2, 0.25) is 0 Å². The van der Waals surface area contributed by atoms with E-state index >= 15 is 0 Å². The van der Waals surface area contributed by atoms with Gasteiger partial charge in [0.25, 0.3) is 5.24 Å². The molecular formula is C10H8ClFO2. The molecule has 0 fully saturated rings. The number of halogens is 2. The van der Waals surface area contributed by atoms with Crippen LogP contribution in [0, 0.1) is 0 Å². The maximum absolute atomic E-state index is 13.7. The molecule has 1 aliphatic heterocycles. The van der Waals surface area contributed by atoms with Crippen molar-refractivity contribution < 1.29 is 13.9 Å². The second kappa shape index (κ2) is 3.24. The summed E-state index contributed by atoms with van der Waals surface area (Å²) in [5, 5.41) is -1.09. The first-order valence-corrected chi connectivity index (χ1v) is 4.65. The molecule has 2 rings (SSSR count). The molecule has 0 spiro atoms. The summed E-state index contributed by atoms with van der Waals surface area (Å²) in [6.07, 6.45) is 0.442. The molecule has 0 radical (unpaired) electrons. The van der Waals surface area contributed by atoms with Crippen molar-refractivity contribution in [1.29, 1.82) is 0 Å². The minimum atomic E-state index is -2.35. The number of benzene rings is 1. The van der Waals surface area contributed by atoms with Gasteiger partial charge >= 0.3 is 5.85 Å². The average Bonchev–Trinajstić information content (AvgIpc) is 2.17. The van der Waals surface area contributed by atoms with E-state index in [2.05, 4.69) is 0 Å². The van der Waals surface area contributed by atoms with Crippen molar-refractivity contribution in [2.75, 3.05) is 0 Å². The normalized spacial score (nSPS) is 25.0. The van der Waals surface area contributed by atoms with Crippen LogP contribution in [0.2, 0.25) is 0 Å². The summed E-state index contributed by atoms with van der Waals surface area (Å²) < 4.78 is 18.6. The Morgan fingerprint density at radius 3 is 2.93 bits per heavy atom. The number of ether oxygens (including phenoxy) is 1. The van der Waals surface area contributed by atoms with Crippen LogP contribution in [-0.4, -0.2) is 11.1 Å². The maximum atomic E-state index is 13.7. The standard InChI is InChI=1S/C10H8ClFO2/c11-9(13)10(12)6-5-7-3-1-2-4-8(7)14-10/h1-4H,5-6H2/t10-/m1/s1. The molecule has 2 nitrogen and oxygen atoms in total. The first-order valence-electron chi connectivity index (χ1n) is 4.27. The Hall–Kier alpha value is -1.09. The van der Waals surface area contributed by atoms with Crippen molar-refractivity contribution in [2.45, 2.75) is 18.7 Å². The van der Waals surface area contributed by atoms with E-state index in [4.69, 9.17) is 16.3 Å². The monoisotopic (exact) mass is 214 g/mol. The molecule has 74 valence electrons. The van der Waals surface area contributed by atoms with Crippen LogP contribution >= 0.6 is 11.6 Å². The topological polar surface area (TPSA) is 26.3 Å². The zero-order valence-electron chi connectivity index (χ0n) is 7.30. The Morgan fingerprint density at radius 1 is 1.50 bits per heavy atom. The van der Waals surface area contributed by atoms with Crippen molar-refractivity contribution in [3.8, 4) is 5.75 Å². The number of aryl methyl sites for hydroxylation is 1. The van der Waals surface area contributed by atoms with Gasteiger partial charge in [0.05, 0.1) is 0 Å². The van der Waals surface area contributed by atoms with Crippen LogP contribution in [-0.2, 0) is 11.2 Å². The zero-order chi connectivity index (χ0) is 10.2. The highest BCUT2D eigenvalue weighted by atomic mass is 35.5. The number of para-hydroxylation sites is 1. The molecule has 0 unspecified atom stereocenters. The quantitative estimate of drug-likeness (QED) is 0.672. The second-order valence-electron chi connectivity index (χ2n) is 3.21. The van der Waals surface area contributed by atoms with Crippen molar-refractivity contribution >= 4 is 16.8 Å². The van der Waals surface area contributed by atoms with E-state index in [9.17, 15) is 9.18 Å². The van der Waals surface area contributed by atoms with Crippen molar-refractivity contribution in [2.24, 2.45) is 0 Å². The van der Waals surface area contributed by atoms with E-state index in [0.717, 1.165) is 5.56 Å². The lowest BCUT2D eigenvalue weighted by atomic mass is 10.0. The van der Waals surface area contributed by atoms with Gasteiger partial charge in [-0.05, 0) is 29.7 Å². The van der Waals surface area contributed by atoms with Crippen LogP contribution in [0.5, 0.6) is 5.75 Å². The summed E-state index contributed by atoms with van der Waals surface area (Å²) in [6, 6.07) is 7.04. The predicted octanol–water partition coefficient (Wildman–Crippen LogP) is 2.44. The molecule has 0 amide bonds. The third-order valence-electron chi connectivity index (χ3n) is 2.25. The molecule has 4 heteroatoms. The van der Waals surface area contributed by atoms with Gasteiger partial charge < -0.3 is 4.74 Å². The highest BCUT2D eigenvalue weighted by Crippen LogP contribution is 2.35. The van der Waals surface area contributed by atoms with Gasteiger partial charge in [-0.2, -0.15) is 4.39 Å². The summed E-state index contributed by atoms with van der Waals surface area (Å²) in [6.45, 7) is 0. The molecule has 14 heavy (non-hydrogen) atoms. The van der Waals surface area contributed by atoms with Crippen LogP contribution in [0.3, 0.4) is 0 Å². The van der Waals surface area contributed by atoms with E-state index in [-0.39, 0.29) is 6.42 Å². The lowest BCUT2D eigenvalue weighted by Gasteiger charge is -2.28. The molecule has 1 atom stereocenters. The number of fused-ring (bicyclic) bond motifs is 1. The molecule has 0 saturated carbocycles. The molecule has 1 heterocycles. The van der Waals surface area contributed by atoms with Crippen molar-refractivity contribution in [1.82, 2.24) is 0 Å². The fourth-order valence-electron chi connectivity index (χ4n) is 1.47. The Bertz CT molecular complexity index is 380. The SMILES string of the molecule is O=C(Cl)[C@@]1(F)CCc2ccccc2O1. The van der Waals surface area contributed by atoms with E-state index in [1.54, 1.807) is 12.1 Å². The molecular weight excluding hydrogens is 207 g/mol. The number of alkyl halides is 1. The Morgan fingerprint density at radius 2 is 2.21 bits per heavy atom. The number of rotatable bonds is 1. The number of hydrogen-bond donors (Lipinski definition) is 0. The molecule has 1 aromatic rings. The van der Waals surface area contributed by atoms with Crippen LogP contribution in [0.25, 0.3) is 0 Å². The number of hydrogen-bond acceptors (Lipinski definition) is 2. The summed E-state index contributed by atoms with van der Waals surface area (Å²) in [5.74, 6) is -1.95. The van der Waals surface area contributed by atoms with Crippen molar-refractivity contribution in [3.05, 3.63) is 29.8 Å². The number of carbonyl (C=O) groups excluding carboxylic acids is 1. The maximum Gasteiger partial charge on any atom is 0.322 e. The first kappa shape index (κ1) is 9.46. The smallest absolute Gasteiger partial charge is 0.322 e. The highest BCUT2D eigenvalue weighted by Gasteiger charge is 2.42. The molecule has 1 aliphatic rings. The lowest BCUT2D eigenvalue weighted by Crippen LogP contribution is -2.40. The van der Waals surface area contributed by atoms with Crippen molar-refractivity contribution in [3.63, 3.8) is 0 Å². The van der Waals surface area contributed by atoms with Gasteiger partial charge in [-0.1, -0.05) is 18.2 Å². The molecule has 0 N–H and O–H groups in total. The van der Waals surface area contributed by atoms with Crippen LogP contribution < -0.4 is 4.74 Å². The van der Waals surface area contributed by atoms with Gasteiger partial charge in [0.1, 0.15) is 5.75 Å². The van der Waals surface area contributed by atoms with E-state index in [1.807, 2.05) is 12.1 Å². The van der Waals surface area contributed by atoms with Crippen LogP contribution in [0.1, 0.15) is 12.0 Å². The Balaban J connectivity index is 2.34. The fourth-order valence-corrected chi connectivity index (χ4v) is 1.60. The first-order chi connectivity index (χ1) is 6.62. The summed E-state index contributed by atoms with van der Waals surface area (Å²) in [4.78, 5) is 10.8. The predicted molar refractivity (Wildman–Crippen MR) is 50.1 cm³/mol. The van der Waals surface area contributed by atoms with E-state index in [1.165, 1.54) is 0 Å². The third kappa shape index (κ3) is 1.48. The van der Waals surface area contributed by atoms with Gasteiger partial charge in [-0.3, -0.25) is 4.79 Å². The zero-order valence-corrected chi connectivity index (χ0v) is 8.05. The molecule has 1 aromatic carbocycles. The van der Waals surface area contributed by atoms with Crippen LogP contribution in [0.15, 0.2) is 24.3 Å². The Kier molecular flexibility index (Phi) is 2.19. The molecule has 0 aliphatic carbocycles.